The zero-order valence-corrected chi connectivity index (χ0v) is 15.4. The number of hydrogen-bond acceptors (Lipinski definition) is 5. The molecule has 1 aliphatic carbocycles. The molecule has 1 fully saturated rings. The van der Waals surface area contributed by atoms with Crippen molar-refractivity contribution in [1.29, 1.82) is 0 Å². The number of fused-ring (bicyclic) bond motifs is 1. The number of rotatable bonds is 4. The fourth-order valence-corrected chi connectivity index (χ4v) is 3.40. The smallest absolute Gasteiger partial charge is 0.240 e. The van der Waals surface area contributed by atoms with Gasteiger partial charge in [-0.15, -0.1) is 0 Å². The molecular formula is C19H28N2O4. The lowest BCUT2D eigenvalue weighted by Gasteiger charge is -2.56. The van der Waals surface area contributed by atoms with E-state index in [1.807, 2.05) is 32.0 Å². The minimum Gasteiger partial charge on any atom is -0.486 e. The Hall–Kier alpha value is -1.79. The molecule has 0 radical (unpaired) electrons. The van der Waals surface area contributed by atoms with Crippen LogP contribution < -0.4 is 20.5 Å². The van der Waals surface area contributed by atoms with E-state index in [0.29, 0.717) is 19.8 Å². The van der Waals surface area contributed by atoms with Gasteiger partial charge in [0.15, 0.2) is 11.5 Å². The zero-order valence-electron chi connectivity index (χ0n) is 15.4. The van der Waals surface area contributed by atoms with Gasteiger partial charge < -0.3 is 25.6 Å². The first kappa shape index (κ1) is 18.0. The minimum absolute atomic E-state index is 0.214. The van der Waals surface area contributed by atoms with Crippen molar-refractivity contribution in [3.05, 3.63) is 23.8 Å². The molecule has 0 spiro atoms. The van der Waals surface area contributed by atoms with E-state index in [1.165, 1.54) is 0 Å². The number of carbonyl (C=O) groups excluding carboxylic acids is 1. The molecule has 0 bridgehead atoms. The van der Waals surface area contributed by atoms with Crippen LogP contribution in [0.2, 0.25) is 0 Å². The fourth-order valence-electron chi connectivity index (χ4n) is 3.40. The average Bonchev–Trinajstić information content (AvgIpc) is 2.59. The monoisotopic (exact) mass is 348 g/mol. The Balaban J connectivity index is 1.69. The Morgan fingerprint density at radius 2 is 1.96 bits per heavy atom. The molecule has 3 rings (SSSR count). The van der Waals surface area contributed by atoms with Crippen LogP contribution in [0.25, 0.3) is 0 Å². The normalized spacial score (nSPS) is 27.4. The lowest BCUT2D eigenvalue weighted by atomic mass is 9.54. The van der Waals surface area contributed by atoms with Crippen molar-refractivity contribution in [1.82, 2.24) is 5.32 Å². The third-order valence-electron chi connectivity index (χ3n) is 5.92. The van der Waals surface area contributed by atoms with Gasteiger partial charge in [-0.2, -0.15) is 0 Å². The summed E-state index contributed by atoms with van der Waals surface area (Å²) in [4.78, 5) is 12.6. The van der Waals surface area contributed by atoms with Gasteiger partial charge in [-0.25, -0.2) is 0 Å². The molecule has 2 aliphatic rings. The predicted molar refractivity (Wildman–Crippen MR) is 94.8 cm³/mol. The van der Waals surface area contributed by atoms with Crippen molar-refractivity contribution in [2.75, 3.05) is 19.8 Å². The lowest BCUT2D eigenvalue weighted by molar-refractivity contribution is -0.158. The molecule has 0 unspecified atom stereocenters. The molecular weight excluding hydrogens is 320 g/mol. The first-order valence-electron chi connectivity index (χ1n) is 8.73. The van der Waals surface area contributed by atoms with Crippen molar-refractivity contribution >= 4 is 5.91 Å². The highest BCUT2D eigenvalue weighted by Crippen LogP contribution is 2.48. The van der Waals surface area contributed by atoms with E-state index >= 15 is 0 Å². The molecule has 6 nitrogen and oxygen atoms in total. The summed E-state index contributed by atoms with van der Waals surface area (Å²) in [7, 11) is 0. The molecule has 1 aliphatic heterocycles. The van der Waals surface area contributed by atoms with Gasteiger partial charge in [-0.3, -0.25) is 4.79 Å². The van der Waals surface area contributed by atoms with Gasteiger partial charge in [0.2, 0.25) is 5.91 Å². The third kappa shape index (κ3) is 2.87. The largest absolute Gasteiger partial charge is 0.486 e. The van der Waals surface area contributed by atoms with E-state index in [9.17, 15) is 9.90 Å². The van der Waals surface area contributed by atoms with E-state index in [4.69, 9.17) is 15.2 Å². The quantitative estimate of drug-likeness (QED) is 0.763. The van der Waals surface area contributed by atoms with Crippen molar-refractivity contribution in [3.8, 4) is 11.5 Å². The number of ether oxygens (including phenoxy) is 2. The summed E-state index contributed by atoms with van der Waals surface area (Å²) in [5, 5.41) is 12.9. The highest BCUT2D eigenvalue weighted by Gasteiger charge is 2.61. The molecule has 1 heterocycles. The van der Waals surface area contributed by atoms with Crippen molar-refractivity contribution in [2.45, 2.75) is 51.2 Å². The lowest BCUT2D eigenvalue weighted by Crippen LogP contribution is -2.75. The second-order valence-electron chi connectivity index (χ2n) is 8.34. The number of hydrogen-bond donors (Lipinski definition) is 3. The molecule has 1 saturated carbocycles. The van der Waals surface area contributed by atoms with Crippen LogP contribution in [0.4, 0.5) is 0 Å². The van der Waals surface area contributed by atoms with Gasteiger partial charge in [-0.1, -0.05) is 33.8 Å². The number of aliphatic hydroxyl groups is 1. The Morgan fingerprint density at radius 3 is 2.56 bits per heavy atom. The highest BCUT2D eigenvalue weighted by atomic mass is 16.6. The Labute approximate surface area is 148 Å². The van der Waals surface area contributed by atoms with Crippen LogP contribution in [0.15, 0.2) is 18.2 Å². The fraction of sp³-hybridized carbons (Fsp3) is 0.632. The number of amides is 1. The van der Waals surface area contributed by atoms with Crippen LogP contribution in [0.5, 0.6) is 11.5 Å². The summed E-state index contributed by atoms with van der Waals surface area (Å²) in [6.07, 6.45) is -0.259. The second-order valence-corrected chi connectivity index (χ2v) is 8.34. The van der Waals surface area contributed by atoms with Crippen molar-refractivity contribution < 1.29 is 19.4 Å². The van der Waals surface area contributed by atoms with Crippen LogP contribution in [-0.4, -0.2) is 42.4 Å². The van der Waals surface area contributed by atoms with Gasteiger partial charge in [0.05, 0.1) is 6.10 Å². The molecule has 0 aromatic heterocycles. The maximum Gasteiger partial charge on any atom is 0.240 e. The molecule has 0 saturated heterocycles. The second kappa shape index (κ2) is 5.88. The molecule has 25 heavy (non-hydrogen) atoms. The van der Waals surface area contributed by atoms with Crippen molar-refractivity contribution in [2.24, 2.45) is 11.1 Å². The number of benzene rings is 1. The Morgan fingerprint density at radius 1 is 1.32 bits per heavy atom. The highest BCUT2D eigenvalue weighted by molar-refractivity contribution is 5.88. The first-order valence-corrected chi connectivity index (χ1v) is 8.73. The van der Waals surface area contributed by atoms with Crippen LogP contribution in [0, 0.1) is 5.41 Å². The van der Waals surface area contributed by atoms with Crippen molar-refractivity contribution in [3.63, 3.8) is 0 Å². The number of carbonyl (C=O) groups is 1. The number of aliphatic hydroxyl groups excluding tert-OH is 1. The topological polar surface area (TPSA) is 93.8 Å². The van der Waals surface area contributed by atoms with Gasteiger partial charge in [0, 0.05) is 23.8 Å². The summed E-state index contributed by atoms with van der Waals surface area (Å²) in [6, 6.07) is 5.87. The van der Waals surface area contributed by atoms with E-state index in [1.54, 1.807) is 0 Å². The van der Waals surface area contributed by atoms with Crippen LogP contribution in [-0.2, 0) is 10.2 Å². The SMILES string of the molecule is CC(C)(CNC(=O)[C@@]1(N)C[C@H](O)C1(C)C)c1ccc2c(c1)OCCO2. The molecule has 1 aromatic rings. The predicted octanol–water partition coefficient (Wildman–Crippen LogP) is 1.34. The first-order chi connectivity index (χ1) is 11.6. The minimum atomic E-state index is -1.03. The molecule has 4 N–H and O–H groups in total. The van der Waals surface area contributed by atoms with Gasteiger partial charge >= 0.3 is 0 Å². The van der Waals surface area contributed by atoms with Crippen LogP contribution in [0.1, 0.15) is 39.7 Å². The third-order valence-corrected chi connectivity index (χ3v) is 5.92. The average molecular weight is 348 g/mol. The van der Waals surface area contributed by atoms with Gasteiger partial charge in [-0.05, 0) is 17.7 Å². The Kier molecular flexibility index (Phi) is 4.24. The maximum atomic E-state index is 12.6. The molecule has 2 atom stereocenters. The summed E-state index contributed by atoms with van der Waals surface area (Å²) >= 11 is 0. The molecule has 138 valence electrons. The number of nitrogens with one attached hydrogen (secondary N) is 1. The number of nitrogens with two attached hydrogens (primary N) is 1. The Bertz CT molecular complexity index is 686. The standard InChI is InChI=1S/C19H28N2O4/c1-17(2,12-5-6-13-14(9-12)25-8-7-24-13)11-21-16(23)19(20)10-15(22)18(19,3)4/h5-6,9,15,22H,7-8,10-11,20H2,1-4H3,(H,21,23)/t15-,19-/m0/s1. The van der Waals surface area contributed by atoms with Crippen LogP contribution >= 0.6 is 0 Å². The zero-order chi connectivity index (χ0) is 18.5. The van der Waals surface area contributed by atoms with E-state index in [-0.39, 0.29) is 17.7 Å². The van der Waals surface area contributed by atoms with E-state index < -0.39 is 17.1 Å². The summed E-state index contributed by atoms with van der Waals surface area (Å²) < 4.78 is 11.2. The molecule has 1 aromatic carbocycles. The summed E-state index contributed by atoms with van der Waals surface area (Å²) in [5.41, 5.74) is 5.36. The maximum absolute atomic E-state index is 12.6. The summed E-state index contributed by atoms with van der Waals surface area (Å²) in [5.74, 6) is 1.27. The molecule has 1 amide bonds. The van der Waals surface area contributed by atoms with Gasteiger partial charge in [0.25, 0.3) is 0 Å². The van der Waals surface area contributed by atoms with E-state index in [0.717, 1.165) is 17.1 Å². The molecule has 6 heteroatoms. The van der Waals surface area contributed by atoms with E-state index in [2.05, 4.69) is 19.2 Å². The van der Waals surface area contributed by atoms with Gasteiger partial charge in [0.1, 0.15) is 18.8 Å². The van der Waals surface area contributed by atoms with Crippen LogP contribution in [0.3, 0.4) is 0 Å². The summed E-state index contributed by atoms with van der Waals surface area (Å²) in [6.45, 7) is 9.31.